The smallest absolute Gasteiger partial charge is 0.116 e. The number of hydrogen-bond donors (Lipinski definition) is 1. The molecular formula is C10H16N2S. The molecule has 0 saturated carbocycles. The first kappa shape index (κ1) is 10.4. The van der Waals surface area contributed by atoms with Crippen LogP contribution in [0.1, 0.15) is 24.0 Å². The summed E-state index contributed by atoms with van der Waals surface area (Å²) >= 11 is 1.69. The van der Waals surface area contributed by atoms with Crippen LogP contribution in [0, 0.1) is 6.92 Å². The third kappa shape index (κ3) is 4.20. The summed E-state index contributed by atoms with van der Waals surface area (Å²) in [5, 5.41) is 6.46. The van der Waals surface area contributed by atoms with E-state index in [0.29, 0.717) is 0 Å². The van der Waals surface area contributed by atoms with Crippen molar-refractivity contribution in [2.24, 2.45) is 0 Å². The molecule has 1 N–H and O–H groups in total. The van der Waals surface area contributed by atoms with E-state index in [4.69, 9.17) is 0 Å². The Hall–Kier alpha value is -0.670. The second kappa shape index (κ2) is 5.89. The lowest BCUT2D eigenvalue weighted by molar-refractivity contribution is 0.730. The van der Waals surface area contributed by atoms with Gasteiger partial charge in [0.1, 0.15) is 5.01 Å². The van der Waals surface area contributed by atoms with Crippen LogP contribution in [0.3, 0.4) is 0 Å². The second-order valence-corrected chi connectivity index (χ2v) is 3.82. The Morgan fingerprint density at radius 2 is 2.46 bits per heavy atom. The minimum Gasteiger partial charge on any atom is -0.313 e. The minimum atomic E-state index is 0.937. The van der Waals surface area contributed by atoms with Gasteiger partial charge in [-0.1, -0.05) is 13.0 Å². The van der Waals surface area contributed by atoms with Crippen LogP contribution in [0.15, 0.2) is 11.5 Å². The van der Waals surface area contributed by atoms with Gasteiger partial charge in [-0.15, -0.1) is 11.3 Å². The Bertz CT molecular complexity index is 266. The molecule has 1 aromatic heterocycles. The van der Waals surface area contributed by atoms with Gasteiger partial charge in [-0.2, -0.15) is 0 Å². The van der Waals surface area contributed by atoms with E-state index < -0.39 is 0 Å². The van der Waals surface area contributed by atoms with Crippen molar-refractivity contribution >= 4 is 17.4 Å². The van der Waals surface area contributed by atoms with Crippen LogP contribution in [0.2, 0.25) is 0 Å². The maximum Gasteiger partial charge on any atom is 0.116 e. The van der Waals surface area contributed by atoms with Crippen LogP contribution < -0.4 is 5.32 Å². The molecule has 0 saturated heterocycles. The van der Waals surface area contributed by atoms with E-state index in [-0.39, 0.29) is 0 Å². The van der Waals surface area contributed by atoms with Crippen molar-refractivity contribution in [3.05, 3.63) is 22.2 Å². The largest absolute Gasteiger partial charge is 0.313 e. The average molecular weight is 196 g/mol. The Labute approximate surface area is 83.7 Å². The molecule has 0 aliphatic rings. The van der Waals surface area contributed by atoms with E-state index in [1.54, 1.807) is 11.3 Å². The summed E-state index contributed by atoms with van der Waals surface area (Å²) in [5.74, 6) is 0. The zero-order chi connectivity index (χ0) is 9.52. The van der Waals surface area contributed by atoms with Gasteiger partial charge in [0.15, 0.2) is 0 Å². The van der Waals surface area contributed by atoms with Gasteiger partial charge in [-0.05, 0) is 26.0 Å². The van der Waals surface area contributed by atoms with Gasteiger partial charge in [0.2, 0.25) is 0 Å². The van der Waals surface area contributed by atoms with Crippen LogP contribution in [0.25, 0.3) is 6.08 Å². The van der Waals surface area contributed by atoms with Crippen molar-refractivity contribution in [1.82, 2.24) is 10.3 Å². The van der Waals surface area contributed by atoms with Crippen LogP contribution >= 0.6 is 11.3 Å². The van der Waals surface area contributed by atoms with Crippen LogP contribution in [-0.4, -0.2) is 18.1 Å². The van der Waals surface area contributed by atoms with Gasteiger partial charge in [-0.3, -0.25) is 0 Å². The third-order valence-corrected chi connectivity index (χ3v) is 2.51. The fourth-order valence-corrected chi connectivity index (χ4v) is 1.69. The molecule has 0 amide bonds. The van der Waals surface area contributed by atoms with Crippen molar-refractivity contribution in [2.75, 3.05) is 13.1 Å². The molecule has 0 atom stereocenters. The van der Waals surface area contributed by atoms with E-state index >= 15 is 0 Å². The zero-order valence-corrected chi connectivity index (χ0v) is 9.03. The van der Waals surface area contributed by atoms with Crippen molar-refractivity contribution in [1.29, 1.82) is 0 Å². The van der Waals surface area contributed by atoms with Gasteiger partial charge in [0, 0.05) is 17.6 Å². The number of nitrogens with one attached hydrogen (secondary N) is 1. The highest BCUT2D eigenvalue weighted by molar-refractivity contribution is 7.10. The van der Waals surface area contributed by atoms with E-state index in [1.807, 2.05) is 6.92 Å². The van der Waals surface area contributed by atoms with Gasteiger partial charge < -0.3 is 5.32 Å². The summed E-state index contributed by atoms with van der Waals surface area (Å²) in [5.41, 5.74) is 1.10. The SMILES string of the molecule is CCCNC/C=C/c1nc(C)cs1. The van der Waals surface area contributed by atoms with Gasteiger partial charge in [-0.25, -0.2) is 4.98 Å². The lowest BCUT2D eigenvalue weighted by Crippen LogP contribution is -2.13. The number of aryl methyl sites for hydroxylation is 1. The summed E-state index contributed by atoms with van der Waals surface area (Å²) < 4.78 is 0. The maximum atomic E-state index is 4.33. The molecule has 0 fully saturated rings. The molecule has 2 nitrogen and oxygen atoms in total. The van der Waals surface area contributed by atoms with E-state index in [1.165, 1.54) is 6.42 Å². The fourth-order valence-electron chi connectivity index (χ4n) is 0.971. The Kier molecular flexibility index (Phi) is 4.72. The standard InChI is InChI=1S/C10H16N2S/c1-3-6-11-7-4-5-10-12-9(2)8-13-10/h4-5,8,11H,3,6-7H2,1-2H3/b5-4+. The van der Waals surface area contributed by atoms with Gasteiger partial charge >= 0.3 is 0 Å². The normalized spacial score (nSPS) is 11.2. The summed E-state index contributed by atoms with van der Waals surface area (Å²) in [4.78, 5) is 4.33. The zero-order valence-electron chi connectivity index (χ0n) is 8.21. The molecular weight excluding hydrogens is 180 g/mol. The third-order valence-electron chi connectivity index (χ3n) is 1.59. The molecule has 72 valence electrons. The first-order valence-corrected chi connectivity index (χ1v) is 5.50. The van der Waals surface area contributed by atoms with Gasteiger partial charge in [0.05, 0.1) is 0 Å². The van der Waals surface area contributed by atoms with Crippen molar-refractivity contribution in [3.63, 3.8) is 0 Å². The highest BCUT2D eigenvalue weighted by Crippen LogP contribution is 2.09. The quantitative estimate of drug-likeness (QED) is 0.732. The molecule has 0 aromatic carbocycles. The molecule has 0 aliphatic carbocycles. The summed E-state index contributed by atoms with van der Waals surface area (Å²) in [6.07, 6.45) is 5.37. The molecule has 0 bridgehead atoms. The molecule has 13 heavy (non-hydrogen) atoms. The highest BCUT2D eigenvalue weighted by Gasteiger charge is 1.91. The number of thiazole rings is 1. The number of rotatable bonds is 5. The van der Waals surface area contributed by atoms with Crippen molar-refractivity contribution in [3.8, 4) is 0 Å². The summed E-state index contributed by atoms with van der Waals surface area (Å²) in [6, 6.07) is 0. The highest BCUT2D eigenvalue weighted by atomic mass is 32.1. The number of nitrogens with zero attached hydrogens (tertiary/aromatic N) is 1. The van der Waals surface area contributed by atoms with Crippen LogP contribution in [0.5, 0.6) is 0 Å². The molecule has 0 aliphatic heterocycles. The predicted molar refractivity (Wildman–Crippen MR) is 59.0 cm³/mol. The van der Waals surface area contributed by atoms with E-state index in [2.05, 4.69) is 34.8 Å². The molecule has 0 unspecified atom stereocenters. The van der Waals surface area contributed by atoms with Gasteiger partial charge in [0.25, 0.3) is 0 Å². The average Bonchev–Trinajstić information content (AvgIpc) is 2.51. The topological polar surface area (TPSA) is 24.9 Å². The predicted octanol–water partition coefficient (Wildman–Crippen LogP) is 2.46. The lowest BCUT2D eigenvalue weighted by Gasteiger charge is -1.94. The number of aromatic nitrogens is 1. The van der Waals surface area contributed by atoms with Crippen molar-refractivity contribution < 1.29 is 0 Å². The van der Waals surface area contributed by atoms with Crippen LogP contribution in [-0.2, 0) is 0 Å². The lowest BCUT2D eigenvalue weighted by atomic mass is 10.4. The molecule has 1 aromatic rings. The van der Waals surface area contributed by atoms with Crippen molar-refractivity contribution in [2.45, 2.75) is 20.3 Å². The maximum absolute atomic E-state index is 4.33. The Morgan fingerprint density at radius 1 is 1.62 bits per heavy atom. The second-order valence-electron chi connectivity index (χ2n) is 2.93. The molecule has 1 heterocycles. The monoisotopic (exact) mass is 196 g/mol. The Balaban J connectivity index is 2.24. The Morgan fingerprint density at radius 3 is 3.08 bits per heavy atom. The molecule has 1 rings (SSSR count). The van der Waals surface area contributed by atoms with E-state index in [0.717, 1.165) is 23.8 Å². The van der Waals surface area contributed by atoms with Crippen LogP contribution in [0.4, 0.5) is 0 Å². The van der Waals surface area contributed by atoms with E-state index in [9.17, 15) is 0 Å². The molecule has 0 spiro atoms. The fraction of sp³-hybridized carbons (Fsp3) is 0.500. The number of hydrogen-bond acceptors (Lipinski definition) is 3. The minimum absolute atomic E-state index is 0.937. The summed E-state index contributed by atoms with van der Waals surface area (Å²) in [6.45, 7) is 6.21. The molecule has 3 heteroatoms. The first-order chi connectivity index (χ1) is 6.33. The molecule has 0 radical (unpaired) electrons. The summed E-state index contributed by atoms with van der Waals surface area (Å²) in [7, 11) is 0. The first-order valence-electron chi connectivity index (χ1n) is 4.62.